The van der Waals surface area contributed by atoms with Gasteiger partial charge < -0.3 is 11.1 Å². The molecule has 1 amide bonds. The molecule has 1 aromatic rings. The molecule has 0 aliphatic heterocycles. The maximum atomic E-state index is 13.4. The highest BCUT2D eigenvalue weighted by Gasteiger charge is 2.12. The Morgan fingerprint density at radius 2 is 2.21 bits per heavy atom. The van der Waals surface area contributed by atoms with Crippen molar-refractivity contribution in [1.82, 2.24) is 0 Å². The number of halogens is 1. The summed E-state index contributed by atoms with van der Waals surface area (Å²) >= 11 is 0. The number of nitrogen functional groups attached to an aromatic ring is 1. The lowest BCUT2D eigenvalue weighted by atomic mass is 10.2. The lowest BCUT2D eigenvalue weighted by Gasteiger charge is -2.09. The first-order chi connectivity index (χ1) is 8.93. The van der Waals surface area contributed by atoms with Crippen LogP contribution in [0.5, 0.6) is 0 Å². The van der Waals surface area contributed by atoms with Gasteiger partial charge in [-0.15, -0.1) is 0 Å². The van der Waals surface area contributed by atoms with E-state index in [2.05, 4.69) is 5.32 Å². The van der Waals surface area contributed by atoms with E-state index in [1.807, 2.05) is 13.8 Å². The number of nitrogens with two attached hydrogens (primary N) is 1. The zero-order valence-electron chi connectivity index (χ0n) is 11.1. The number of carbonyl (C=O) groups is 1. The first kappa shape index (κ1) is 15.6. The Morgan fingerprint density at radius 3 is 2.84 bits per heavy atom. The zero-order valence-corrected chi connectivity index (χ0v) is 11.9. The Bertz CT molecular complexity index is 480. The Labute approximate surface area is 115 Å². The summed E-state index contributed by atoms with van der Waals surface area (Å²) in [5, 5.41) is 2.50. The lowest BCUT2D eigenvalue weighted by molar-refractivity contribution is -0.115. The molecule has 0 aliphatic rings. The van der Waals surface area contributed by atoms with Gasteiger partial charge in [0.1, 0.15) is 5.82 Å². The summed E-state index contributed by atoms with van der Waals surface area (Å²) in [7, 11) is -1.03. The van der Waals surface area contributed by atoms with Gasteiger partial charge in [-0.3, -0.25) is 9.00 Å². The molecule has 0 saturated heterocycles. The lowest BCUT2D eigenvalue weighted by Crippen LogP contribution is -2.19. The number of anilines is 2. The van der Waals surface area contributed by atoms with Gasteiger partial charge in [0, 0.05) is 33.9 Å². The van der Waals surface area contributed by atoms with Gasteiger partial charge >= 0.3 is 0 Å². The summed E-state index contributed by atoms with van der Waals surface area (Å²) in [5.74, 6) is -0.614. The van der Waals surface area contributed by atoms with Crippen molar-refractivity contribution in [3.8, 4) is 0 Å². The summed E-state index contributed by atoms with van der Waals surface area (Å²) in [6.07, 6.45) is 0.906. The van der Waals surface area contributed by atoms with Crippen LogP contribution in [-0.2, 0) is 15.6 Å². The van der Waals surface area contributed by atoms with Crippen LogP contribution >= 0.6 is 0 Å². The van der Waals surface area contributed by atoms with Gasteiger partial charge in [0.25, 0.3) is 0 Å². The van der Waals surface area contributed by atoms with E-state index in [1.165, 1.54) is 18.2 Å². The number of hydrogen-bond donors (Lipinski definition) is 2. The van der Waals surface area contributed by atoms with E-state index in [0.717, 1.165) is 6.42 Å². The third kappa shape index (κ3) is 4.98. The minimum Gasteiger partial charge on any atom is -0.399 e. The second-order valence-corrected chi connectivity index (χ2v) is 6.32. The summed E-state index contributed by atoms with van der Waals surface area (Å²) in [6.45, 7) is 3.83. The second-order valence-electron chi connectivity index (χ2n) is 4.34. The third-order valence-electron chi connectivity index (χ3n) is 2.82. The van der Waals surface area contributed by atoms with E-state index in [4.69, 9.17) is 5.73 Å². The highest BCUT2D eigenvalue weighted by Crippen LogP contribution is 2.17. The van der Waals surface area contributed by atoms with Crippen molar-refractivity contribution in [2.75, 3.05) is 16.8 Å². The normalized spacial score (nSPS) is 13.8. The van der Waals surface area contributed by atoms with Gasteiger partial charge in [0.05, 0.1) is 5.69 Å². The molecule has 3 N–H and O–H groups in total. The minimum absolute atomic E-state index is 0.0549. The topological polar surface area (TPSA) is 72.2 Å². The van der Waals surface area contributed by atoms with Crippen LogP contribution in [0.15, 0.2) is 18.2 Å². The van der Waals surface area contributed by atoms with Crippen LogP contribution in [-0.4, -0.2) is 21.1 Å². The first-order valence-electron chi connectivity index (χ1n) is 6.16. The molecule has 0 radical (unpaired) electrons. The summed E-state index contributed by atoms with van der Waals surface area (Å²) < 4.78 is 25.1. The Balaban J connectivity index is 2.52. The predicted octanol–water partition coefficient (Wildman–Crippen LogP) is 2.28. The van der Waals surface area contributed by atoms with E-state index in [0.29, 0.717) is 5.69 Å². The molecule has 0 saturated carbocycles. The average Bonchev–Trinajstić information content (AvgIpc) is 2.39. The average molecular weight is 286 g/mol. The van der Waals surface area contributed by atoms with Gasteiger partial charge in [-0.1, -0.05) is 13.8 Å². The molecule has 1 aromatic carbocycles. The molecule has 19 heavy (non-hydrogen) atoms. The molecule has 0 spiro atoms. The van der Waals surface area contributed by atoms with Crippen molar-refractivity contribution in [3.63, 3.8) is 0 Å². The van der Waals surface area contributed by atoms with Crippen molar-refractivity contribution in [2.45, 2.75) is 31.9 Å². The Morgan fingerprint density at radius 1 is 1.53 bits per heavy atom. The minimum atomic E-state index is -1.03. The van der Waals surface area contributed by atoms with Gasteiger partial charge in [0.2, 0.25) is 5.91 Å². The molecule has 1 rings (SSSR count). The van der Waals surface area contributed by atoms with Gasteiger partial charge in [-0.2, -0.15) is 0 Å². The summed E-state index contributed by atoms with van der Waals surface area (Å²) in [4.78, 5) is 11.6. The van der Waals surface area contributed by atoms with Crippen molar-refractivity contribution < 1.29 is 13.4 Å². The second kappa shape index (κ2) is 7.23. The number of hydrogen-bond acceptors (Lipinski definition) is 3. The SMILES string of the molecule is CCC(C)S(=O)CCC(=O)Nc1cc(N)ccc1F. The number of benzene rings is 1. The molecule has 6 heteroatoms. The van der Waals surface area contributed by atoms with E-state index in [9.17, 15) is 13.4 Å². The van der Waals surface area contributed by atoms with Crippen molar-refractivity contribution >= 4 is 28.1 Å². The molecule has 2 atom stereocenters. The first-order valence-corrected chi connectivity index (χ1v) is 7.54. The van der Waals surface area contributed by atoms with Crippen LogP contribution < -0.4 is 11.1 Å². The highest BCUT2D eigenvalue weighted by atomic mass is 32.2. The van der Waals surface area contributed by atoms with Crippen LogP contribution in [0.2, 0.25) is 0 Å². The molecule has 0 heterocycles. The third-order valence-corrected chi connectivity index (χ3v) is 4.66. The van der Waals surface area contributed by atoms with E-state index in [1.54, 1.807) is 0 Å². The fourth-order valence-corrected chi connectivity index (χ4v) is 2.59. The molecule has 2 unspecified atom stereocenters. The molecular formula is C13H19FN2O2S. The Hall–Kier alpha value is -1.43. The zero-order chi connectivity index (χ0) is 14.4. The maximum absolute atomic E-state index is 13.4. The smallest absolute Gasteiger partial charge is 0.225 e. The molecule has 0 aliphatic carbocycles. The van der Waals surface area contributed by atoms with E-state index < -0.39 is 16.6 Å². The van der Waals surface area contributed by atoms with Crippen LogP contribution in [0.1, 0.15) is 26.7 Å². The highest BCUT2D eigenvalue weighted by molar-refractivity contribution is 7.85. The van der Waals surface area contributed by atoms with Gasteiger partial charge in [-0.25, -0.2) is 4.39 Å². The number of rotatable bonds is 6. The number of carbonyl (C=O) groups excluding carboxylic acids is 1. The summed E-state index contributed by atoms with van der Waals surface area (Å²) in [6, 6.07) is 3.98. The van der Waals surface area contributed by atoms with Crippen LogP contribution in [0.25, 0.3) is 0 Å². The number of nitrogens with one attached hydrogen (secondary N) is 1. The van der Waals surface area contributed by atoms with Crippen molar-refractivity contribution in [3.05, 3.63) is 24.0 Å². The molecule has 4 nitrogen and oxygen atoms in total. The van der Waals surface area contributed by atoms with E-state index >= 15 is 0 Å². The van der Waals surface area contributed by atoms with E-state index in [-0.39, 0.29) is 29.0 Å². The van der Waals surface area contributed by atoms with Crippen LogP contribution in [0.3, 0.4) is 0 Å². The monoisotopic (exact) mass is 286 g/mol. The molecule has 0 aromatic heterocycles. The summed E-state index contributed by atoms with van der Waals surface area (Å²) in [5.41, 5.74) is 5.95. The molecule has 0 fully saturated rings. The number of amides is 1. The predicted molar refractivity (Wildman–Crippen MR) is 76.8 cm³/mol. The van der Waals surface area contributed by atoms with Gasteiger partial charge in [0.15, 0.2) is 0 Å². The van der Waals surface area contributed by atoms with Crippen molar-refractivity contribution in [1.29, 1.82) is 0 Å². The van der Waals surface area contributed by atoms with Gasteiger partial charge in [-0.05, 0) is 24.6 Å². The molecular weight excluding hydrogens is 267 g/mol. The molecule has 0 bridgehead atoms. The van der Waals surface area contributed by atoms with Crippen LogP contribution in [0.4, 0.5) is 15.8 Å². The van der Waals surface area contributed by atoms with Crippen LogP contribution in [0, 0.1) is 5.82 Å². The largest absolute Gasteiger partial charge is 0.399 e. The molecule has 106 valence electrons. The quantitative estimate of drug-likeness (QED) is 0.788. The van der Waals surface area contributed by atoms with Crippen molar-refractivity contribution in [2.24, 2.45) is 0 Å². The Kier molecular flexibility index (Phi) is 5.95. The fourth-order valence-electron chi connectivity index (χ4n) is 1.43. The fraction of sp³-hybridized carbons (Fsp3) is 0.462. The maximum Gasteiger partial charge on any atom is 0.225 e. The standard InChI is InChI=1S/C13H19FN2O2S/c1-3-9(2)19(18)7-6-13(17)16-12-8-10(15)4-5-11(12)14/h4-5,8-9H,3,6-7,15H2,1-2H3,(H,16,17).